The summed E-state index contributed by atoms with van der Waals surface area (Å²) in [6.45, 7) is 4.77. The van der Waals surface area contributed by atoms with Crippen LogP contribution in [0.1, 0.15) is 47.7 Å². The van der Waals surface area contributed by atoms with E-state index in [4.69, 9.17) is 0 Å². The van der Waals surface area contributed by atoms with Crippen LogP contribution in [0.25, 0.3) is 0 Å². The maximum atomic E-state index is 13.4. The number of rotatable bonds is 6. The van der Waals surface area contributed by atoms with Gasteiger partial charge in [0, 0.05) is 31.6 Å². The van der Waals surface area contributed by atoms with Gasteiger partial charge in [-0.05, 0) is 77.9 Å². The van der Waals surface area contributed by atoms with Crippen molar-refractivity contribution >= 4 is 23.2 Å². The van der Waals surface area contributed by atoms with E-state index in [-0.39, 0.29) is 11.8 Å². The van der Waals surface area contributed by atoms with Gasteiger partial charge in [0.25, 0.3) is 5.91 Å². The molecule has 2 fully saturated rings. The maximum absolute atomic E-state index is 13.4. The first-order valence-corrected chi connectivity index (χ1v) is 10.9. The topological polar surface area (TPSA) is 61.4 Å². The quantitative estimate of drug-likeness (QED) is 0.787. The molecule has 1 saturated carbocycles. The van der Waals surface area contributed by atoms with E-state index >= 15 is 0 Å². The molecule has 1 unspecified atom stereocenters. The van der Waals surface area contributed by atoms with E-state index < -0.39 is 0 Å². The molecule has 2 aromatic rings. The monoisotopic (exact) mass is 397 g/mol. The van der Waals surface area contributed by atoms with Crippen LogP contribution in [-0.2, 0) is 17.9 Å². The molecule has 0 bridgehead atoms. The lowest BCUT2D eigenvalue weighted by molar-refractivity contribution is -0.119. The molecule has 1 spiro atoms. The Bertz CT molecular complexity index is 826. The lowest BCUT2D eigenvalue weighted by Gasteiger charge is -2.29. The number of thiophene rings is 1. The minimum atomic E-state index is -0.0527. The standard InChI is InChI=1S/C22H27N3O2S/c1-16(26)24-13-17-2-4-19(5-3-17)21(27)25(14-18-6-11-28-15-18)20-12-22(20)7-9-23-10-8-22/h2-6,11,15,20,23H,7-10,12-14H2,1H3,(H,24,26). The van der Waals surface area contributed by atoms with Gasteiger partial charge in [0.2, 0.25) is 5.91 Å². The summed E-state index contributed by atoms with van der Waals surface area (Å²) in [6.07, 6.45) is 3.42. The third-order valence-electron chi connectivity index (χ3n) is 6.06. The fraction of sp³-hybridized carbons (Fsp3) is 0.455. The van der Waals surface area contributed by atoms with Crippen LogP contribution < -0.4 is 10.6 Å². The normalized spacial score (nSPS) is 20.0. The lowest BCUT2D eigenvalue weighted by Crippen LogP contribution is -2.39. The van der Waals surface area contributed by atoms with E-state index in [1.165, 1.54) is 12.5 Å². The Morgan fingerprint density at radius 3 is 2.57 bits per heavy atom. The summed E-state index contributed by atoms with van der Waals surface area (Å²) in [5.74, 6) is 0.0563. The van der Waals surface area contributed by atoms with Crippen LogP contribution >= 0.6 is 11.3 Å². The van der Waals surface area contributed by atoms with Crippen LogP contribution in [0.3, 0.4) is 0 Å². The SMILES string of the molecule is CC(=O)NCc1ccc(C(=O)N(Cc2ccsc2)C2CC23CCNCC3)cc1. The number of carbonyl (C=O) groups excluding carboxylic acids is 2. The largest absolute Gasteiger partial charge is 0.352 e. The molecule has 6 heteroatoms. The van der Waals surface area contributed by atoms with E-state index in [0.717, 1.165) is 43.5 Å². The molecule has 1 aliphatic carbocycles. The first-order chi connectivity index (χ1) is 13.6. The molecule has 28 heavy (non-hydrogen) atoms. The molecule has 1 aromatic heterocycles. The molecule has 5 nitrogen and oxygen atoms in total. The molecule has 1 saturated heterocycles. The van der Waals surface area contributed by atoms with Crippen molar-refractivity contribution in [2.45, 2.75) is 45.3 Å². The van der Waals surface area contributed by atoms with E-state index in [0.29, 0.717) is 24.5 Å². The van der Waals surface area contributed by atoms with Gasteiger partial charge in [-0.15, -0.1) is 0 Å². The van der Waals surface area contributed by atoms with Gasteiger partial charge >= 0.3 is 0 Å². The molecule has 1 atom stereocenters. The average Bonchev–Trinajstić information content (AvgIpc) is 3.13. The highest BCUT2D eigenvalue weighted by atomic mass is 32.1. The highest BCUT2D eigenvalue weighted by Gasteiger charge is 2.57. The summed E-state index contributed by atoms with van der Waals surface area (Å²) in [5, 5.41) is 10.4. The third kappa shape index (κ3) is 4.13. The fourth-order valence-corrected chi connectivity index (χ4v) is 4.95. The minimum Gasteiger partial charge on any atom is -0.352 e. The highest BCUT2D eigenvalue weighted by molar-refractivity contribution is 7.07. The molecular formula is C22H27N3O2S. The van der Waals surface area contributed by atoms with Crippen molar-refractivity contribution in [3.63, 3.8) is 0 Å². The Balaban J connectivity index is 1.51. The van der Waals surface area contributed by atoms with Crippen molar-refractivity contribution < 1.29 is 9.59 Å². The van der Waals surface area contributed by atoms with Gasteiger partial charge < -0.3 is 15.5 Å². The third-order valence-corrected chi connectivity index (χ3v) is 6.79. The number of carbonyl (C=O) groups is 2. The zero-order valence-electron chi connectivity index (χ0n) is 16.2. The summed E-state index contributed by atoms with van der Waals surface area (Å²) in [5.41, 5.74) is 3.23. The van der Waals surface area contributed by atoms with Crippen LogP contribution in [0.5, 0.6) is 0 Å². The van der Waals surface area contributed by atoms with Gasteiger partial charge in [-0.3, -0.25) is 9.59 Å². The Morgan fingerprint density at radius 1 is 1.18 bits per heavy atom. The molecule has 148 valence electrons. The molecule has 4 rings (SSSR count). The number of nitrogens with one attached hydrogen (secondary N) is 2. The van der Waals surface area contributed by atoms with Crippen LogP contribution in [0.2, 0.25) is 0 Å². The number of benzene rings is 1. The molecule has 2 heterocycles. The number of hydrogen-bond acceptors (Lipinski definition) is 4. The lowest BCUT2D eigenvalue weighted by atomic mass is 9.93. The molecule has 1 aliphatic heterocycles. The Hall–Kier alpha value is -2.18. The summed E-state index contributed by atoms with van der Waals surface area (Å²) in [4.78, 5) is 26.6. The zero-order valence-corrected chi connectivity index (χ0v) is 17.1. The van der Waals surface area contributed by atoms with Crippen LogP contribution in [0.4, 0.5) is 0 Å². The summed E-state index contributed by atoms with van der Waals surface area (Å²) in [7, 11) is 0. The second kappa shape index (κ2) is 8.05. The molecule has 2 amide bonds. The number of amides is 2. The molecule has 0 radical (unpaired) electrons. The van der Waals surface area contributed by atoms with Gasteiger partial charge in [-0.1, -0.05) is 12.1 Å². The van der Waals surface area contributed by atoms with Crippen LogP contribution in [0, 0.1) is 5.41 Å². The Labute approximate surface area is 170 Å². The second-order valence-corrected chi connectivity index (χ2v) is 8.78. The summed E-state index contributed by atoms with van der Waals surface area (Å²) < 4.78 is 0. The minimum absolute atomic E-state index is 0.0527. The predicted molar refractivity (Wildman–Crippen MR) is 111 cm³/mol. The fourth-order valence-electron chi connectivity index (χ4n) is 4.29. The number of nitrogens with zero attached hydrogens (tertiary/aromatic N) is 1. The van der Waals surface area contributed by atoms with Gasteiger partial charge in [-0.2, -0.15) is 11.3 Å². The van der Waals surface area contributed by atoms with E-state index in [9.17, 15) is 9.59 Å². The van der Waals surface area contributed by atoms with Crippen molar-refractivity contribution in [3.05, 3.63) is 57.8 Å². The van der Waals surface area contributed by atoms with Crippen molar-refractivity contribution in [3.8, 4) is 0 Å². The first kappa shape index (κ1) is 19.2. The van der Waals surface area contributed by atoms with E-state index in [1.54, 1.807) is 11.3 Å². The Morgan fingerprint density at radius 2 is 1.93 bits per heavy atom. The van der Waals surface area contributed by atoms with Gasteiger partial charge in [-0.25, -0.2) is 0 Å². The van der Waals surface area contributed by atoms with Crippen LogP contribution in [0.15, 0.2) is 41.1 Å². The molecule has 2 N–H and O–H groups in total. The maximum Gasteiger partial charge on any atom is 0.254 e. The van der Waals surface area contributed by atoms with Crippen LogP contribution in [-0.4, -0.2) is 35.8 Å². The predicted octanol–water partition coefficient (Wildman–Crippen LogP) is 3.17. The van der Waals surface area contributed by atoms with Crippen molar-refractivity contribution in [2.24, 2.45) is 5.41 Å². The van der Waals surface area contributed by atoms with E-state index in [1.807, 2.05) is 24.3 Å². The number of hydrogen-bond donors (Lipinski definition) is 2. The van der Waals surface area contributed by atoms with Crippen molar-refractivity contribution in [1.82, 2.24) is 15.5 Å². The Kier molecular flexibility index (Phi) is 5.51. The zero-order chi connectivity index (χ0) is 19.6. The smallest absolute Gasteiger partial charge is 0.254 e. The molecule has 1 aromatic carbocycles. The first-order valence-electron chi connectivity index (χ1n) is 9.94. The van der Waals surface area contributed by atoms with Gasteiger partial charge in [0.1, 0.15) is 0 Å². The van der Waals surface area contributed by atoms with Crippen molar-refractivity contribution in [1.29, 1.82) is 0 Å². The molecule has 2 aliphatic rings. The average molecular weight is 398 g/mol. The van der Waals surface area contributed by atoms with Gasteiger partial charge in [0.05, 0.1) is 0 Å². The summed E-state index contributed by atoms with van der Waals surface area (Å²) in [6, 6.07) is 10.1. The van der Waals surface area contributed by atoms with Crippen molar-refractivity contribution in [2.75, 3.05) is 13.1 Å². The van der Waals surface area contributed by atoms with E-state index in [2.05, 4.69) is 32.4 Å². The number of piperidine rings is 1. The second-order valence-electron chi connectivity index (χ2n) is 8.00. The highest BCUT2D eigenvalue weighted by Crippen LogP contribution is 2.56. The molecular weight excluding hydrogens is 370 g/mol. The van der Waals surface area contributed by atoms with Gasteiger partial charge in [0.15, 0.2) is 0 Å². The summed E-state index contributed by atoms with van der Waals surface area (Å²) >= 11 is 1.68.